The van der Waals surface area contributed by atoms with Gasteiger partial charge in [-0.1, -0.05) is 12.1 Å². The van der Waals surface area contributed by atoms with Crippen molar-refractivity contribution in [1.29, 1.82) is 0 Å². The van der Waals surface area contributed by atoms with Gasteiger partial charge in [0.05, 0.1) is 7.11 Å². The Morgan fingerprint density at radius 2 is 2.00 bits per heavy atom. The molecule has 1 aromatic carbocycles. The zero-order chi connectivity index (χ0) is 12.1. The van der Waals surface area contributed by atoms with Gasteiger partial charge in [0, 0.05) is 12.6 Å². The second kappa shape index (κ2) is 5.63. The molecule has 2 rings (SSSR count). The maximum atomic E-state index is 5.10. The Hall–Kier alpha value is -1.62. The summed E-state index contributed by atoms with van der Waals surface area (Å²) in [5.74, 6) is 1.65. The van der Waals surface area contributed by atoms with Crippen LogP contribution < -0.4 is 10.1 Å². The molecule has 17 heavy (non-hydrogen) atoms. The van der Waals surface area contributed by atoms with Crippen molar-refractivity contribution < 1.29 is 4.74 Å². The minimum Gasteiger partial charge on any atom is -0.497 e. The monoisotopic (exact) mass is 293 g/mol. The summed E-state index contributed by atoms with van der Waals surface area (Å²) in [5, 5.41) is 3.22. The number of anilines is 1. The normalized spacial score (nSPS) is 10.0. The van der Waals surface area contributed by atoms with Crippen LogP contribution >= 0.6 is 15.9 Å². The van der Waals surface area contributed by atoms with Crippen molar-refractivity contribution in [3.05, 3.63) is 46.8 Å². The summed E-state index contributed by atoms with van der Waals surface area (Å²) in [6.07, 6.45) is 1.51. The van der Waals surface area contributed by atoms with Crippen molar-refractivity contribution in [3.8, 4) is 5.75 Å². The minimum absolute atomic E-state index is 0.716. The van der Waals surface area contributed by atoms with Crippen LogP contribution in [0.1, 0.15) is 5.56 Å². The van der Waals surface area contributed by atoms with Crippen LogP contribution in [-0.2, 0) is 6.54 Å². The molecular formula is C12H12BrN3O. The number of rotatable bonds is 4. The summed E-state index contributed by atoms with van der Waals surface area (Å²) in [6.45, 7) is 0.716. The topological polar surface area (TPSA) is 47.0 Å². The van der Waals surface area contributed by atoms with E-state index in [1.807, 2.05) is 30.3 Å². The maximum Gasteiger partial charge on any atom is 0.130 e. The van der Waals surface area contributed by atoms with E-state index in [9.17, 15) is 0 Å². The highest BCUT2D eigenvalue weighted by molar-refractivity contribution is 9.10. The Morgan fingerprint density at radius 3 is 2.65 bits per heavy atom. The van der Waals surface area contributed by atoms with Crippen LogP contribution in [0.25, 0.3) is 0 Å². The number of benzene rings is 1. The average Bonchev–Trinajstić information content (AvgIpc) is 2.37. The van der Waals surface area contributed by atoms with Gasteiger partial charge in [0.25, 0.3) is 0 Å². The van der Waals surface area contributed by atoms with Crippen molar-refractivity contribution in [2.75, 3.05) is 12.4 Å². The number of ether oxygens (including phenoxy) is 1. The molecule has 0 aliphatic rings. The molecule has 1 aromatic heterocycles. The molecule has 0 radical (unpaired) electrons. The van der Waals surface area contributed by atoms with Crippen LogP contribution in [0.15, 0.2) is 41.3 Å². The van der Waals surface area contributed by atoms with Crippen molar-refractivity contribution in [1.82, 2.24) is 9.97 Å². The molecule has 0 unspecified atom stereocenters. The van der Waals surface area contributed by atoms with Crippen LogP contribution in [0.3, 0.4) is 0 Å². The predicted octanol–water partition coefficient (Wildman–Crippen LogP) is 2.86. The molecular weight excluding hydrogens is 282 g/mol. The molecule has 88 valence electrons. The fourth-order valence-corrected chi connectivity index (χ4v) is 1.67. The molecule has 0 aliphatic carbocycles. The molecule has 1 heterocycles. The lowest BCUT2D eigenvalue weighted by atomic mass is 10.2. The first kappa shape index (κ1) is 11.9. The largest absolute Gasteiger partial charge is 0.497 e. The van der Waals surface area contributed by atoms with Crippen molar-refractivity contribution in [2.24, 2.45) is 0 Å². The summed E-state index contributed by atoms with van der Waals surface area (Å²) >= 11 is 3.30. The number of nitrogens with one attached hydrogen (secondary N) is 1. The number of aromatic nitrogens is 2. The van der Waals surface area contributed by atoms with Crippen LogP contribution in [0.4, 0.5) is 5.82 Å². The van der Waals surface area contributed by atoms with E-state index in [0.717, 1.165) is 16.2 Å². The molecule has 0 atom stereocenters. The van der Waals surface area contributed by atoms with Gasteiger partial charge in [0.15, 0.2) is 0 Å². The SMILES string of the molecule is COc1ccc(CNc2cc(Br)ncn2)cc1. The first-order valence-electron chi connectivity index (χ1n) is 5.12. The highest BCUT2D eigenvalue weighted by atomic mass is 79.9. The Bertz CT molecular complexity index is 487. The van der Waals surface area contributed by atoms with Gasteiger partial charge in [-0.15, -0.1) is 0 Å². The van der Waals surface area contributed by atoms with Gasteiger partial charge in [-0.25, -0.2) is 9.97 Å². The van der Waals surface area contributed by atoms with Crippen molar-refractivity contribution >= 4 is 21.7 Å². The van der Waals surface area contributed by atoms with E-state index in [1.165, 1.54) is 11.9 Å². The van der Waals surface area contributed by atoms with Crippen LogP contribution in [0.5, 0.6) is 5.75 Å². The van der Waals surface area contributed by atoms with Crippen LogP contribution in [0.2, 0.25) is 0 Å². The molecule has 4 nitrogen and oxygen atoms in total. The van der Waals surface area contributed by atoms with Gasteiger partial charge in [-0.2, -0.15) is 0 Å². The van der Waals surface area contributed by atoms with Crippen LogP contribution in [0, 0.1) is 0 Å². The molecule has 0 fully saturated rings. The smallest absolute Gasteiger partial charge is 0.130 e. The van der Waals surface area contributed by atoms with E-state index in [4.69, 9.17) is 4.74 Å². The van der Waals surface area contributed by atoms with Gasteiger partial charge in [-0.05, 0) is 33.6 Å². The van der Waals surface area contributed by atoms with E-state index < -0.39 is 0 Å². The highest BCUT2D eigenvalue weighted by Crippen LogP contribution is 2.14. The van der Waals surface area contributed by atoms with Gasteiger partial charge >= 0.3 is 0 Å². The summed E-state index contributed by atoms with van der Waals surface area (Å²) in [6, 6.07) is 9.74. The summed E-state index contributed by atoms with van der Waals surface area (Å²) < 4.78 is 5.87. The molecule has 0 saturated carbocycles. The average molecular weight is 294 g/mol. The Labute approximate surface area is 108 Å². The van der Waals surface area contributed by atoms with Gasteiger partial charge < -0.3 is 10.1 Å². The fraction of sp³-hybridized carbons (Fsp3) is 0.167. The fourth-order valence-electron chi connectivity index (χ4n) is 1.37. The van der Waals surface area contributed by atoms with Crippen molar-refractivity contribution in [3.63, 3.8) is 0 Å². The minimum atomic E-state index is 0.716. The molecule has 0 saturated heterocycles. The first-order valence-corrected chi connectivity index (χ1v) is 5.91. The van der Waals surface area contributed by atoms with E-state index >= 15 is 0 Å². The number of methoxy groups -OCH3 is 1. The van der Waals surface area contributed by atoms with Gasteiger partial charge in [-0.3, -0.25) is 0 Å². The Kier molecular flexibility index (Phi) is 3.93. The third-order valence-electron chi connectivity index (χ3n) is 2.27. The van der Waals surface area contributed by atoms with E-state index in [1.54, 1.807) is 7.11 Å². The molecule has 0 spiro atoms. The number of halogens is 1. The molecule has 0 bridgehead atoms. The highest BCUT2D eigenvalue weighted by Gasteiger charge is 1.97. The lowest BCUT2D eigenvalue weighted by Gasteiger charge is -2.06. The molecule has 0 aliphatic heterocycles. The predicted molar refractivity (Wildman–Crippen MR) is 70.1 cm³/mol. The zero-order valence-electron chi connectivity index (χ0n) is 9.35. The lowest BCUT2D eigenvalue weighted by Crippen LogP contribution is -2.01. The second-order valence-corrected chi connectivity index (χ2v) is 4.24. The molecule has 0 amide bonds. The number of hydrogen-bond acceptors (Lipinski definition) is 4. The van der Waals surface area contributed by atoms with E-state index in [0.29, 0.717) is 6.54 Å². The third-order valence-corrected chi connectivity index (χ3v) is 2.70. The number of hydrogen-bond donors (Lipinski definition) is 1. The standard InChI is InChI=1S/C12H12BrN3O/c1-17-10-4-2-9(3-5-10)7-14-12-6-11(13)15-8-16-12/h2-6,8H,7H2,1H3,(H,14,15,16). The quantitative estimate of drug-likeness (QED) is 0.881. The van der Waals surface area contributed by atoms with Crippen LogP contribution in [-0.4, -0.2) is 17.1 Å². The molecule has 2 aromatic rings. The Morgan fingerprint density at radius 1 is 1.24 bits per heavy atom. The lowest BCUT2D eigenvalue weighted by molar-refractivity contribution is 0.414. The maximum absolute atomic E-state index is 5.10. The first-order chi connectivity index (χ1) is 8.28. The summed E-state index contributed by atoms with van der Waals surface area (Å²) in [5.41, 5.74) is 1.17. The zero-order valence-corrected chi connectivity index (χ0v) is 10.9. The van der Waals surface area contributed by atoms with Gasteiger partial charge in [0.2, 0.25) is 0 Å². The van der Waals surface area contributed by atoms with E-state index in [2.05, 4.69) is 31.2 Å². The molecule has 5 heteroatoms. The van der Waals surface area contributed by atoms with Gasteiger partial charge in [0.1, 0.15) is 22.5 Å². The summed E-state index contributed by atoms with van der Waals surface area (Å²) in [4.78, 5) is 8.08. The third kappa shape index (κ3) is 3.42. The second-order valence-electron chi connectivity index (χ2n) is 3.43. The molecule has 1 N–H and O–H groups in total. The number of nitrogens with zero attached hydrogens (tertiary/aromatic N) is 2. The Balaban J connectivity index is 1.97. The van der Waals surface area contributed by atoms with E-state index in [-0.39, 0.29) is 0 Å². The summed E-state index contributed by atoms with van der Waals surface area (Å²) in [7, 11) is 1.66. The van der Waals surface area contributed by atoms with Crippen molar-refractivity contribution in [2.45, 2.75) is 6.54 Å².